The van der Waals surface area contributed by atoms with E-state index in [1.807, 2.05) is 13.8 Å². The summed E-state index contributed by atoms with van der Waals surface area (Å²) in [6.45, 7) is 8.63. The van der Waals surface area contributed by atoms with Gasteiger partial charge in [0.25, 0.3) is 5.69 Å². The Hall–Kier alpha value is -1.78. The number of anilines is 1. The van der Waals surface area contributed by atoms with Crippen LogP contribution in [0.1, 0.15) is 34.1 Å². The lowest BCUT2D eigenvalue weighted by molar-refractivity contribution is -0.384. The molecule has 0 radical (unpaired) electrons. The molecule has 0 heterocycles. The van der Waals surface area contributed by atoms with Crippen molar-refractivity contribution < 1.29 is 9.66 Å². The Morgan fingerprint density at radius 1 is 1.37 bits per heavy atom. The SMILES string of the molecule is CCOc1ccc(NC(C)CC(C)C)c([N+](=O)[O-])c1. The average Bonchev–Trinajstić information content (AvgIpc) is 2.30. The topological polar surface area (TPSA) is 64.4 Å². The summed E-state index contributed by atoms with van der Waals surface area (Å²) >= 11 is 0. The minimum atomic E-state index is -0.382. The monoisotopic (exact) mass is 266 g/mol. The number of nitrogens with one attached hydrogen (secondary N) is 1. The Balaban J connectivity index is 2.90. The van der Waals surface area contributed by atoms with Crippen molar-refractivity contribution in [2.24, 2.45) is 5.92 Å². The summed E-state index contributed by atoms with van der Waals surface area (Å²) in [4.78, 5) is 10.7. The highest BCUT2D eigenvalue weighted by Crippen LogP contribution is 2.30. The van der Waals surface area contributed by atoms with Crippen LogP contribution in [0.3, 0.4) is 0 Å². The van der Waals surface area contributed by atoms with Gasteiger partial charge in [0.1, 0.15) is 11.4 Å². The van der Waals surface area contributed by atoms with E-state index in [2.05, 4.69) is 19.2 Å². The molecule has 1 atom stereocenters. The van der Waals surface area contributed by atoms with Gasteiger partial charge in [0.15, 0.2) is 0 Å². The Labute approximate surface area is 114 Å². The first-order valence-electron chi connectivity index (χ1n) is 6.61. The van der Waals surface area contributed by atoms with E-state index in [0.717, 1.165) is 6.42 Å². The summed E-state index contributed by atoms with van der Waals surface area (Å²) in [5.41, 5.74) is 0.600. The van der Waals surface area contributed by atoms with Crippen LogP contribution < -0.4 is 10.1 Å². The van der Waals surface area contributed by atoms with Crippen LogP contribution in [0, 0.1) is 16.0 Å². The van der Waals surface area contributed by atoms with Gasteiger partial charge in [-0.3, -0.25) is 10.1 Å². The van der Waals surface area contributed by atoms with Crippen LogP contribution in [0.4, 0.5) is 11.4 Å². The molecule has 0 spiro atoms. The third-order valence-corrected chi connectivity index (χ3v) is 2.70. The lowest BCUT2D eigenvalue weighted by Gasteiger charge is -2.17. The number of benzene rings is 1. The fourth-order valence-electron chi connectivity index (χ4n) is 2.07. The van der Waals surface area contributed by atoms with Crippen molar-refractivity contribution in [3.05, 3.63) is 28.3 Å². The van der Waals surface area contributed by atoms with Crippen molar-refractivity contribution in [1.82, 2.24) is 0 Å². The van der Waals surface area contributed by atoms with Gasteiger partial charge in [-0.1, -0.05) is 13.8 Å². The minimum Gasteiger partial charge on any atom is -0.494 e. The minimum absolute atomic E-state index is 0.0570. The maximum absolute atomic E-state index is 11.1. The van der Waals surface area contributed by atoms with Gasteiger partial charge in [0.05, 0.1) is 17.6 Å². The second-order valence-electron chi connectivity index (χ2n) is 5.04. The third kappa shape index (κ3) is 4.77. The molecule has 1 aromatic rings. The molecule has 0 aliphatic carbocycles. The zero-order valence-corrected chi connectivity index (χ0v) is 12.0. The predicted molar refractivity (Wildman–Crippen MR) is 76.8 cm³/mol. The van der Waals surface area contributed by atoms with E-state index < -0.39 is 0 Å². The fraction of sp³-hybridized carbons (Fsp3) is 0.571. The van der Waals surface area contributed by atoms with Gasteiger partial charge < -0.3 is 10.1 Å². The van der Waals surface area contributed by atoms with Gasteiger partial charge >= 0.3 is 0 Å². The summed E-state index contributed by atoms with van der Waals surface area (Å²) in [5, 5.41) is 14.3. The number of nitro benzene ring substituents is 1. The fourth-order valence-corrected chi connectivity index (χ4v) is 2.07. The first kappa shape index (κ1) is 15.3. The number of rotatable bonds is 7. The van der Waals surface area contributed by atoms with Crippen LogP contribution in [0.2, 0.25) is 0 Å². The molecule has 106 valence electrons. The molecular weight excluding hydrogens is 244 g/mol. The Morgan fingerprint density at radius 3 is 2.58 bits per heavy atom. The van der Waals surface area contributed by atoms with Crippen LogP contribution in [0.25, 0.3) is 0 Å². The van der Waals surface area contributed by atoms with Crippen LogP contribution in [-0.2, 0) is 0 Å². The molecule has 0 saturated heterocycles. The first-order valence-corrected chi connectivity index (χ1v) is 6.61. The van der Waals surface area contributed by atoms with Crippen molar-refractivity contribution in [2.45, 2.75) is 40.2 Å². The smallest absolute Gasteiger partial charge is 0.296 e. The number of nitro groups is 1. The van der Waals surface area contributed by atoms with Crippen molar-refractivity contribution in [3.8, 4) is 5.75 Å². The van der Waals surface area contributed by atoms with E-state index in [0.29, 0.717) is 24.0 Å². The third-order valence-electron chi connectivity index (χ3n) is 2.70. The highest BCUT2D eigenvalue weighted by Gasteiger charge is 2.17. The van der Waals surface area contributed by atoms with Gasteiger partial charge in [0.2, 0.25) is 0 Å². The quantitative estimate of drug-likeness (QED) is 0.601. The zero-order valence-electron chi connectivity index (χ0n) is 12.0. The van der Waals surface area contributed by atoms with Crippen LogP contribution in [0.5, 0.6) is 5.75 Å². The summed E-state index contributed by atoms with van der Waals surface area (Å²) in [6, 6.07) is 5.12. The highest BCUT2D eigenvalue weighted by molar-refractivity contribution is 5.64. The Kier molecular flexibility index (Phi) is 5.60. The molecule has 1 rings (SSSR count). The van der Waals surface area contributed by atoms with E-state index in [-0.39, 0.29) is 16.7 Å². The standard InChI is InChI=1S/C14H22N2O3/c1-5-19-12-6-7-13(14(9-12)16(17)18)15-11(4)8-10(2)3/h6-7,9-11,15H,5,8H2,1-4H3. The van der Waals surface area contributed by atoms with Crippen molar-refractivity contribution in [1.29, 1.82) is 0 Å². The van der Waals surface area contributed by atoms with Gasteiger partial charge in [-0.15, -0.1) is 0 Å². The van der Waals surface area contributed by atoms with E-state index >= 15 is 0 Å². The van der Waals surface area contributed by atoms with Gasteiger partial charge in [0, 0.05) is 6.04 Å². The Morgan fingerprint density at radius 2 is 2.05 bits per heavy atom. The Bertz CT molecular complexity index is 433. The second kappa shape index (κ2) is 6.97. The van der Waals surface area contributed by atoms with Crippen LogP contribution >= 0.6 is 0 Å². The summed E-state index contributed by atoms with van der Waals surface area (Å²) in [5.74, 6) is 1.07. The predicted octanol–water partition coefficient (Wildman–Crippen LogP) is 3.84. The molecular formula is C14H22N2O3. The molecule has 0 fully saturated rings. The largest absolute Gasteiger partial charge is 0.494 e. The van der Waals surface area contributed by atoms with Crippen LogP contribution in [-0.4, -0.2) is 17.6 Å². The summed E-state index contributed by atoms with van der Waals surface area (Å²) in [7, 11) is 0. The number of ether oxygens (including phenoxy) is 1. The number of hydrogen-bond acceptors (Lipinski definition) is 4. The van der Waals surface area contributed by atoms with Gasteiger partial charge in [-0.25, -0.2) is 0 Å². The molecule has 0 saturated carbocycles. The molecule has 1 aromatic carbocycles. The molecule has 0 aromatic heterocycles. The first-order chi connectivity index (χ1) is 8.93. The van der Waals surface area contributed by atoms with E-state index in [9.17, 15) is 10.1 Å². The molecule has 5 heteroatoms. The summed E-state index contributed by atoms with van der Waals surface area (Å²) < 4.78 is 5.29. The molecule has 0 bridgehead atoms. The zero-order chi connectivity index (χ0) is 14.4. The molecule has 0 amide bonds. The van der Waals surface area contributed by atoms with E-state index in [4.69, 9.17) is 4.74 Å². The maximum atomic E-state index is 11.1. The molecule has 1 N–H and O–H groups in total. The number of nitrogens with zero attached hydrogens (tertiary/aromatic N) is 1. The second-order valence-corrected chi connectivity index (χ2v) is 5.04. The maximum Gasteiger partial charge on any atom is 0.296 e. The van der Waals surface area contributed by atoms with E-state index in [1.54, 1.807) is 12.1 Å². The molecule has 0 aliphatic heterocycles. The summed E-state index contributed by atoms with van der Waals surface area (Å²) in [6.07, 6.45) is 0.963. The highest BCUT2D eigenvalue weighted by atomic mass is 16.6. The van der Waals surface area contributed by atoms with Gasteiger partial charge in [-0.05, 0) is 38.3 Å². The lowest BCUT2D eigenvalue weighted by Crippen LogP contribution is -2.18. The van der Waals surface area contributed by atoms with E-state index in [1.165, 1.54) is 6.07 Å². The number of hydrogen-bond donors (Lipinski definition) is 1. The van der Waals surface area contributed by atoms with Crippen molar-refractivity contribution >= 4 is 11.4 Å². The van der Waals surface area contributed by atoms with Crippen LogP contribution in [0.15, 0.2) is 18.2 Å². The normalized spacial score (nSPS) is 12.3. The molecule has 19 heavy (non-hydrogen) atoms. The lowest BCUT2D eigenvalue weighted by atomic mass is 10.0. The van der Waals surface area contributed by atoms with Crippen molar-refractivity contribution in [2.75, 3.05) is 11.9 Å². The molecule has 0 aliphatic rings. The van der Waals surface area contributed by atoms with Crippen molar-refractivity contribution in [3.63, 3.8) is 0 Å². The average molecular weight is 266 g/mol. The molecule has 5 nitrogen and oxygen atoms in total. The van der Waals surface area contributed by atoms with Gasteiger partial charge in [-0.2, -0.15) is 0 Å². The molecule has 1 unspecified atom stereocenters.